The molecule has 0 radical (unpaired) electrons. The minimum atomic E-state index is -0.273. The van der Waals surface area contributed by atoms with Crippen molar-refractivity contribution in [3.05, 3.63) is 52.1 Å². The number of aryl methyl sites for hydroxylation is 1. The van der Waals surface area contributed by atoms with Crippen LogP contribution in [-0.4, -0.2) is 73.4 Å². The van der Waals surface area contributed by atoms with Crippen LogP contribution in [0.3, 0.4) is 0 Å². The number of nitrogens with one attached hydrogen (secondary N) is 2. The fourth-order valence-corrected chi connectivity index (χ4v) is 6.31. The van der Waals surface area contributed by atoms with Gasteiger partial charge in [-0.15, -0.1) is 0 Å². The van der Waals surface area contributed by atoms with Crippen molar-refractivity contribution in [1.82, 2.24) is 19.8 Å². The molecule has 0 unspecified atom stereocenters. The molecule has 3 aromatic rings. The second-order valence-electron chi connectivity index (χ2n) is 10.2. The molecule has 9 heteroatoms. The van der Waals surface area contributed by atoms with Gasteiger partial charge in [0.1, 0.15) is 5.69 Å². The van der Waals surface area contributed by atoms with Gasteiger partial charge in [0.2, 0.25) is 11.5 Å². The molecule has 2 aliphatic carbocycles. The molecule has 1 spiro atoms. The molecule has 2 aromatic heterocycles. The predicted molar refractivity (Wildman–Crippen MR) is 134 cm³/mol. The standard InChI is InChI=1S/C27H30N4O5/c1-13-16(12-30(2)3)21-23(28-13)18(32)9-20-27(21)10-15(27)11-31(20)26(33)17-7-14-8-19(34-4)24(35-5)25(36-6)22(14)29-17/h7-9,15,28-29H,10-12H2,1-6H3/t15-,27+/m1/s1. The topological polar surface area (TPSA) is 99.9 Å². The van der Waals surface area contributed by atoms with Crippen LogP contribution in [0, 0.1) is 12.8 Å². The quantitative estimate of drug-likeness (QED) is 0.550. The van der Waals surface area contributed by atoms with Crippen LogP contribution in [0.15, 0.2) is 23.9 Å². The minimum Gasteiger partial charge on any atom is -0.493 e. The molecule has 1 saturated heterocycles. The van der Waals surface area contributed by atoms with Crippen LogP contribution >= 0.6 is 0 Å². The number of ketones is 1. The van der Waals surface area contributed by atoms with Crippen molar-refractivity contribution in [1.29, 1.82) is 0 Å². The zero-order valence-electron chi connectivity index (χ0n) is 21.4. The molecule has 9 nitrogen and oxygen atoms in total. The van der Waals surface area contributed by atoms with Crippen LogP contribution in [0.4, 0.5) is 0 Å². The predicted octanol–water partition coefficient (Wildman–Crippen LogP) is 3.39. The number of H-pyrrole nitrogens is 2. The summed E-state index contributed by atoms with van der Waals surface area (Å²) < 4.78 is 16.6. The van der Waals surface area contributed by atoms with Crippen molar-refractivity contribution in [3.63, 3.8) is 0 Å². The second-order valence-corrected chi connectivity index (χ2v) is 10.2. The summed E-state index contributed by atoms with van der Waals surface area (Å²) >= 11 is 0. The van der Waals surface area contributed by atoms with Crippen molar-refractivity contribution < 1.29 is 23.8 Å². The zero-order chi connectivity index (χ0) is 25.5. The van der Waals surface area contributed by atoms with Gasteiger partial charge in [-0.3, -0.25) is 9.59 Å². The number of carbonyl (C=O) groups is 2. The van der Waals surface area contributed by atoms with Gasteiger partial charge in [0, 0.05) is 41.4 Å². The van der Waals surface area contributed by atoms with Crippen molar-refractivity contribution in [2.24, 2.45) is 5.92 Å². The number of ether oxygens (including phenoxy) is 3. The molecule has 2 fully saturated rings. The lowest BCUT2D eigenvalue weighted by molar-refractivity contribution is 0.0806. The molecule has 2 N–H and O–H groups in total. The normalized spacial score (nSPS) is 21.9. The lowest BCUT2D eigenvalue weighted by atomic mass is 9.82. The number of piperidine rings is 1. The van der Waals surface area contributed by atoms with Crippen LogP contribution in [0.5, 0.6) is 17.2 Å². The van der Waals surface area contributed by atoms with Crippen molar-refractivity contribution >= 4 is 22.6 Å². The number of allylic oxidation sites excluding steroid dienone is 2. The molecule has 6 rings (SSSR count). The van der Waals surface area contributed by atoms with E-state index in [9.17, 15) is 9.59 Å². The van der Waals surface area contributed by atoms with Gasteiger partial charge < -0.3 is 34.0 Å². The van der Waals surface area contributed by atoms with E-state index in [1.807, 2.05) is 27.1 Å². The van der Waals surface area contributed by atoms with Crippen LogP contribution in [0.1, 0.15) is 44.2 Å². The fraction of sp³-hybridized carbons (Fsp3) is 0.407. The van der Waals surface area contributed by atoms with E-state index in [1.54, 1.807) is 38.4 Å². The van der Waals surface area contributed by atoms with Crippen LogP contribution in [0.25, 0.3) is 10.9 Å². The Morgan fingerprint density at radius 3 is 2.56 bits per heavy atom. The number of hydrogen-bond donors (Lipinski definition) is 2. The van der Waals surface area contributed by atoms with Crippen LogP contribution < -0.4 is 14.2 Å². The summed E-state index contributed by atoms with van der Waals surface area (Å²) in [4.78, 5) is 37.5. The molecule has 1 aromatic carbocycles. The summed E-state index contributed by atoms with van der Waals surface area (Å²) in [5, 5.41) is 0.775. The molecule has 3 heterocycles. The highest BCUT2D eigenvalue weighted by molar-refractivity contribution is 6.09. The third-order valence-corrected chi connectivity index (χ3v) is 7.90. The molecule has 2 atom stereocenters. The van der Waals surface area contributed by atoms with E-state index in [0.717, 1.165) is 35.3 Å². The number of fused-ring (bicyclic) bond motifs is 2. The maximum Gasteiger partial charge on any atom is 0.274 e. The van der Waals surface area contributed by atoms with Gasteiger partial charge in [0.25, 0.3) is 5.91 Å². The number of carbonyl (C=O) groups excluding carboxylic acids is 2. The van der Waals surface area contributed by atoms with Crippen LogP contribution in [-0.2, 0) is 12.0 Å². The highest BCUT2D eigenvalue weighted by atomic mass is 16.5. The second kappa shape index (κ2) is 7.64. The monoisotopic (exact) mass is 490 g/mol. The van der Waals surface area contributed by atoms with Crippen molar-refractivity contribution in [2.45, 2.75) is 25.3 Å². The number of nitrogens with zero attached hydrogens (tertiary/aromatic N) is 2. The van der Waals surface area contributed by atoms with E-state index < -0.39 is 0 Å². The average molecular weight is 491 g/mol. The van der Waals surface area contributed by atoms with Gasteiger partial charge in [-0.25, -0.2) is 0 Å². The summed E-state index contributed by atoms with van der Waals surface area (Å²) in [5.41, 5.74) is 5.58. The first-order chi connectivity index (χ1) is 17.2. The Bertz CT molecular complexity index is 1480. The number of hydrogen-bond acceptors (Lipinski definition) is 6. The third-order valence-electron chi connectivity index (χ3n) is 7.90. The van der Waals surface area contributed by atoms with Crippen LogP contribution in [0.2, 0.25) is 0 Å². The van der Waals surface area contributed by atoms with E-state index in [4.69, 9.17) is 14.2 Å². The van der Waals surface area contributed by atoms with E-state index in [-0.39, 0.29) is 17.1 Å². The molecule has 188 valence electrons. The number of rotatable bonds is 6. The van der Waals surface area contributed by atoms with Gasteiger partial charge in [0.15, 0.2) is 11.5 Å². The lowest BCUT2D eigenvalue weighted by Crippen LogP contribution is -2.34. The Labute approximate surface area is 209 Å². The van der Waals surface area contributed by atoms with E-state index in [0.29, 0.717) is 46.6 Å². The summed E-state index contributed by atoms with van der Waals surface area (Å²) in [6, 6.07) is 3.62. The first-order valence-electron chi connectivity index (χ1n) is 12.0. The Morgan fingerprint density at radius 2 is 1.89 bits per heavy atom. The first-order valence-corrected chi connectivity index (χ1v) is 12.0. The molecule has 1 amide bonds. The molecule has 3 aliphatic rings. The smallest absolute Gasteiger partial charge is 0.274 e. The highest BCUT2D eigenvalue weighted by Crippen LogP contribution is 2.67. The van der Waals surface area contributed by atoms with Crippen molar-refractivity contribution in [3.8, 4) is 17.2 Å². The van der Waals surface area contributed by atoms with Crippen molar-refractivity contribution in [2.75, 3.05) is 42.0 Å². The summed E-state index contributed by atoms with van der Waals surface area (Å²) in [6.45, 7) is 3.35. The highest BCUT2D eigenvalue weighted by Gasteiger charge is 2.68. The molecule has 1 aliphatic heterocycles. The van der Waals surface area contributed by atoms with Gasteiger partial charge in [-0.2, -0.15) is 0 Å². The first kappa shape index (κ1) is 22.7. The zero-order valence-corrected chi connectivity index (χ0v) is 21.4. The molecular weight excluding hydrogens is 460 g/mol. The van der Waals surface area contributed by atoms with Gasteiger partial charge in [0.05, 0.1) is 32.5 Å². The summed E-state index contributed by atoms with van der Waals surface area (Å²) in [7, 11) is 8.72. The Balaban J connectivity index is 1.42. The molecule has 0 bridgehead atoms. The molecular formula is C27H30N4O5. The average Bonchev–Trinajstić information content (AvgIpc) is 3.11. The Kier molecular flexibility index (Phi) is 4.82. The van der Waals surface area contributed by atoms with E-state index in [1.165, 1.54) is 5.56 Å². The SMILES string of the molecule is COc1cc2cc(C(=O)N3C[C@H]4C[C@@]45C3=CC(=O)c3[nH]c(C)c(CN(C)C)c35)[nH]c2c(OC)c1OC. The van der Waals surface area contributed by atoms with Gasteiger partial charge >= 0.3 is 0 Å². The van der Waals surface area contributed by atoms with E-state index in [2.05, 4.69) is 14.9 Å². The summed E-state index contributed by atoms with van der Waals surface area (Å²) in [6.07, 6.45) is 2.62. The maximum atomic E-state index is 13.9. The largest absolute Gasteiger partial charge is 0.493 e. The van der Waals surface area contributed by atoms with Gasteiger partial charge in [-0.05, 0) is 56.6 Å². The fourth-order valence-electron chi connectivity index (χ4n) is 6.31. The number of likely N-dealkylation sites (tertiary alicyclic amines) is 1. The number of benzene rings is 1. The number of aromatic nitrogens is 2. The van der Waals surface area contributed by atoms with E-state index >= 15 is 0 Å². The minimum absolute atomic E-state index is 0.0723. The lowest BCUT2D eigenvalue weighted by Gasteiger charge is -2.29. The number of amides is 1. The number of methoxy groups -OCH3 is 3. The molecule has 1 saturated carbocycles. The maximum absolute atomic E-state index is 13.9. The Morgan fingerprint density at radius 1 is 1.14 bits per heavy atom. The van der Waals surface area contributed by atoms with Gasteiger partial charge in [-0.1, -0.05) is 0 Å². The third kappa shape index (κ3) is 2.86. The Hall–Kier alpha value is -3.72. The molecule has 36 heavy (non-hydrogen) atoms. The summed E-state index contributed by atoms with van der Waals surface area (Å²) in [5.74, 6) is 1.51. The number of aromatic amines is 2.